The van der Waals surface area contributed by atoms with E-state index in [-0.39, 0.29) is 11.5 Å². The van der Waals surface area contributed by atoms with Crippen molar-refractivity contribution in [3.8, 4) is 11.4 Å². The van der Waals surface area contributed by atoms with Gasteiger partial charge in [-0.25, -0.2) is 19.3 Å². The maximum Gasteiger partial charge on any atom is 0.258 e. The summed E-state index contributed by atoms with van der Waals surface area (Å²) >= 11 is 0. The van der Waals surface area contributed by atoms with E-state index in [0.29, 0.717) is 5.69 Å². The molecule has 1 N–H and O–H groups in total. The zero-order valence-corrected chi connectivity index (χ0v) is 13.8. The Labute approximate surface area is 148 Å². The van der Waals surface area contributed by atoms with Gasteiger partial charge in [0.2, 0.25) is 5.95 Å². The van der Waals surface area contributed by atoms with Crippen molar-refractivity contribution < 1.29 is 9.18 Å². The van der Waals surface area contributed by atoms with Gasteiger partial charge in [0, 0.05) is 18.0 Å². The molecule has 0 spiro atoms. The number of rotatable bonds is 3. The van der Waals surface area contributed by atoms with E-state index in [1.807, 2.05) is 35.7 Å². The molecule has 6 nitrogen and oxygen atoms in total. The lowest BCUT2D eigenvalue weighted by Crippen LogP contribution is -2.14. The highest BCUT2D eigenvalue weighted by Gasteiger charge is 2.14. The van der Waals surface area contributed by atoms with Crippen molar-refractivity contribution >= 4 is 17.5 Å². The van der Waals surface area contributed by atoms with E-state index in [4.69, 9.17) is 0 Å². The number of nitrogens with one attached hydrogen (secondary N) is 1. The summed E-state index contributed by atoms with van der Waals surface area (Å²) in [6, 6.07) is 12.9. The lowest BCUT2D eigenvalue weighted by atomic mass is 10.2. The molecule has 4 aromatic rings. The second kappa shape index (κ2) is 6.36. The smallest absolute Gasteiger partial charge is 0.258 e. The lowest BCUT2D eigenvalue weighted by molar-refractivity contribution is 0.102. The number of benzene rings is 1. The van der Waals surface area contributed by atoms with E-state index in [0.717, 1.165) is 23.1 Å². The van der Waals surface area contributed by atoms with E-state index >= 15 is 0 Å². The number of aromatic nitrogens is 4. The van der Waals surface area contributed by atoms with Gasteiger partial charge in [-0.3, -0.25) is 14.5 Å². The Balaban J connectivity index is 1.69. The highest BCUT2D eigenvalue weighted by atomic mass is 19.1. The van der Waals surface area contributed by atoms with E-state index in [2.05, 4.69) is 20.3 Å². The first-order valence-corrected chi connectivity index (χ1v) is 7.96. The first kappa shape index (κ1) is 15.9. The second-order valence-corrected chi connectivity index (χ2v) is 5.70. The molecule has 1 aromatic carbocycles. The largest absolute Gasteiger partial charge is 0.298 e. The number of hydrogen-bond donors (Lipinski definition) is 1. The van der Waals surface area contributed by atoms with Gasteiger partial charge < -0.3 is 0 Å². The fourth-order valence-corrected chi connectivity index (χ4v) is 2.78. The Morgan fingerprint density at radius 3 is 2.85 bits per heavy atom. The molecular weight excluding hydrogens is 333 g/mol. The SMILES string of the molecule is Cc1nc2ccccn2c1-c1ccnc(NC(=O)c2cccc(F)c2)n1. The maximum absolute atomic E-state index is 13.3. The minimum Gasteiger partial charge on any atom is -0.298 e. The number of hydrogen-bond acceptors (Lipinski definition) is 4. The molecule has 1 amide bonds. The van der Waals surface area contributed by atoms with Crippen LogP contribution in [0.2, 0.25) is 0 Å². The van der Waals surface area contributed by atoms with Crippen LogP contribution in [0.4, 0.5) is 10.3 Å². The predicted molar refractivity (Wildman–Crippen MR) is 95.3 cm³/mol. The zero-order chi connectivity index (χ0) is 18.1. The topological polar surface area (TPSA) is 72.2 Å². The van der Waals surface area contributed by atoms with E-state index < -0.39 is 11.7 Å². The first-order chi connectivity index (χ1) is 12.6. The van der Waals surface area contributed by atoms with Gasteiger partial charge >= 0.3 is 0 Å². The molecule has 0 bridgehead atoms. The number of anilines is 1. The van der Waals surface area contributed by atoms with Crippen LogP contribution in [0.15, 0.2) is 60.9 Å². The molecule has 0 aliphatic heterocycles. The minimum absolute atomic E-state index is 0.141. The zero-order valence-electron chi connectivity index (χ0n) is 13.8. The quantitative estimate of drug-likeness (QED) is 0.616. The summed E-state index contributed by atoms with van der Waals surface area (Å²) < 4.78 is 15.2. The highest BCUT2D eigenvalue weighted by molar-refractivity contribution is 6.03. The van der Waals surface area contributed by atoms with Crippen molar-refractivity contribution in [1.82, 2.24) is 19.4 Å². The number of fused-ring (bicyclic) bond motifs is 1. The molecule has 4 rings (SSSR count). The summed E-state index contributed by atoms with van der Waals surface area (Å²) in [7, 11) is 0. The molecule has 26 heavy (non-hydrogen) atoms. The fourth-order valence-electron chi connectivity index (χ4n) is 2.78. The van der Waals surface area contributed by atoms with Crippen molar-refractivity contribution in [3.63, 3.8) is 0 Å². The number of imidazole rings is 1. The van der Waals surface area contributed by atoms with Crippen molar-refractivity contribution in [3.05, 3.63) is 78.0 Å². The van der Waals surface area contributed by atoms with Crippen molar-refractivity contribution in [2.45, 2.75) is 6.92 Å². The summed E-state index contributed by atoms with van der Waals surface area (Å²) in [6.45, 7) is 1.90. The summed E-state index contributed by atoms with van der Waals surface area (Å²) in [5.41, 5.74) is 3.28. The molecule has 0 aliphatic rings. The molecule has 0 aliphatic carbocycles. The molecule has 128 valence electrons. The van der Waals surface area contributed by atoms with Gasteiger partial charge in [0.1, 0.15) is 11.5 Å². The van der Waals surface area contributed by atoms with Gasteiger partial charge in [0.25, 0.3) is 5.91 Å². The highest BCUT2D eigenvalue weighted by Crippen LogP contribution is 2.23. The number of pyridine rings is 1. The Morgan fingerprint density at radius 2 is 2.00 bits per heavy atom. The van der Waals surface area contributed by atoms with Crippen LogP contribution in [0.1, 0.15) is 16.1 Å². The minimum atomic E-state index is -0.478. The lowest BCUT2D eigenvalue weighted by Gasteiger charge is -2.07. The third kappa shape index (κ3) is 2.90. The Bertz CT molecular complexity index is 1120. The van der Waals surface area contributed by atoms with E-state index in [1.54, 1.807) is 12.3 Å². The van der Waals surface area contributed by atoms with Crippen LogP contribution in [0.25, 0.3) is 17.0 Å². The summed E-state index contributed by atoms with van der Waals surface area (Å²) in [6.07, 6.45) is 3.46. The molecule has 0 fully saturated rings. The third-order valence-electron chi connectivity index (χ3n) is 3.91. The van der Waals surface area contributed by atoms with Crippen LogP contribution in [0, 0.1) is 12.7 Å². The number of halogens is 1. The predicted octanol–water partition coefficient (Wildman–Crippen LogP) is 3.49. The van der Waals surface area contributed by atoms with Crippen LogP contribution in [0.3, 0.4) is 0 Å². The average Bonchev–Trinajstić information content (AvgIpc) is 2.97. The average molecular weight is 347 g/mol. The van der Waals surface area contributed by atoms with Crippen molar-refractivity contribution in [2.24, 2.45) is 0 Å². The van der Waals surface area contributed by atoms with E-state index in [9.17, 15) is 9.18 Å². The number of carbonyl (C=O) groups excluding carboxylic acids is 1. The normalized spacial score (nSPS) is 10.8. The number of carbonyl (C=O) groups is 1. The van der Waals surface area contributed by atoms with E-state index in [1.165, 1.54) is 18.2 Å². The van der Waals surface area contributed by atoms with Gasteiger partial charge in [0.15, 0.2) is 0 Å². The number of nitrogens with zero attached hydrogens (tertiary/aromatic N) is 4. The van der Waals surface area contributed by atoms with Gasteiger partial charge in [0.05, 0.1) is 17.1 Å². The van der Waals surface area contributed by atoms with Gasteiger partial charge in [-0.05, 0) is 43.3 Å². The van der Waals surface area contributed by atoms with Gasteiger partial charge in [-0.2, -0.15) is 0 Å². The number of amides is 1. The Hall–Kier alpha value is -3.61. The van der Waals surface area contributed by atoms with Crippen molar-refractivity contribution in [2.75, 3.05) is 5.32 Å². The molecule has 3 aromatic heterocycles. The standard InChI is InChI=1S/C19H14FN5O/c1-12-17(25-10-3-2-7-16(25)22-12)15-8-9-21-19(23-15)24-18(26)13-5-4-6-14(20)11-13/h2-11H,1H3,(H,21,23,24,26). The summed E-state index contributed by atoms with van der Waals surface area (Å²) in [4.78, 5) is 25.3. The molecule has 0 saturated heterocycles. The monoisotopic (exact) mass is 347 g/mol. The molecule has 3 heterocycles. The second-order valence-electron chi connectivity index (χ2n) is 5.70. The Kier molecular flexibility index (Phi) is 3.89. The van der Waals surface area contributed by atoms with Crippen LogP contribution in [-0.2, 0) is 0 Å². The molecule has 7 heteroatoms. The van der Waals surface area contributed by atoms with Crippen LogP contribution in [-0.4, -0.2) is 25.3 Å². The van der Waals surface area contributed by atoms with Crippen LogP contribution in [0.5, 0.6) is 0 Å². The molecule has 0 unspecified atom stereocenters. The maximum atomic E-state index is 13.3. The van der Waals surface area contributed by atoms with Crippen LogP contribution < -0.4 is 5.32 Å². The fraction of sp³-hybridized carbons (Fsp3) is 0.0526. The Morgan fingerprint density at radius 1 is 1.12 bits per heavy atom. The summed E-state index contributed by atoms with van der Waals surface area (Å²) in [5, 5.41) is 2.60. The molecule has 0 saturated carbocycles. The number of aryl methyl sites for hydroxylation is 1. The molecular formula is C19H14FN5O. The first-order valence-electron chi connectivity index (χ1n) is 7.96. The summed E-state index contributed by atoms with van der Waals surface area (Å²) in [5.74, 6) is -0.813. The van der Waals surface area contributed by atoms with Crippen molar-refractivity contribution in [1.29, 1.82) is 0 Å². The molecule has 0 radical (unpaired) electrons. The van der Waals surface area contributed by atoms with Gasteiger partial charge in [-0.15, -0.1) is 0 Å². The molecule has 0 atom stereocenters. The van der Waals surface area contributed by atoms with Gasteiger partial charge in [-0.1, -0.05) is 12.1 Å². The van der Waals surface area contributed by atoms with Crippen LogP contribution >= 0.6 is 0 Å². The third-order valence-corrected chi connectivity index (χ3v) is 3.91.